The minimum atomic E-state index is -0.0623. The van der Waals surface area contributed by atoms with Crippen LogP contribution < -0.4 is 5.73 Å². The highest BCUT2D eigenvalue weighted by Gasteiger charge is 2.22. The molecule has 0 bridgehead atoms. The SMILES string of the molecule is CCCC(C)(N)CN(C)C(C)Cc1cccs1. The molecule has 2 unspecified atom stereocenters. The third kappa shape index (κ3) is 5.19. The Labute approximate surface area is 110 Å². The summed E-state index contributed by atoms with van der Waals surface area (Å²) in [4.78, 5) is 3.84. The van der Waals surface area contributed by atoms with E-state index >= 15 is 0 Å². The summed E-state index contributed by atoms with van der Waals surface area (Å²) in [5.41, 5.74) is 6.24. The molecule has 0 aliphatic rings. The van der Waals surface area contributed by atoms with Gasteiger partial charge in [0.25, 0.3) is 0 Å². The van der Waals surface area contributed by atoms with Gasteiger partial charge in [-0.25, -0.2) is 0 Å². The number of nitrogens with two attached hydrogens (primary N) is 1. The van der Waals surface area contributed by atoms with E-state index in [9.17, 15) is 0 Å². The van der Waals surface area contributed by atoms with Gasteiger partial charge in [0, 0.05) is 23.0 Å². The average Bonchev–Trinajstić information content (AvgIpc) is 2.69. The normalized spacial score (nSPS) is 17.1. The summed E-state index contributed by atoms with van der Waals surface area (Å²) in [7, 11) is 2.18. The molecular weight excluding hydrogens is 228 g/mol. The highest BCUT2D eigenvalue weighted by Crippen LogP contribution is 2.16. The Kier molecular flexibility index (Phi) is 5.63. The van der Waals surface area contributed by atoms with Crippen molar-refractivity contribution in [3.63, 3.8) is 0 Å². The summed E-state index contributed by atoms with van der Waals surface area (Å²) < 4.78 is 0. The van der Waals surface area contributed by atoms with Crippen LogP contribution in [0.25, 0.3) is 0 Å². The van der Waals surface area contributed by atoms with Gasteiger partial charge in [-0.15, -0.1) is 11.3 Å². The van der Waals surface area contributed by atoms with Crippen molar-refractivity contribution < 1.29 is 0 Å². The van der Waals surface area contributed by atoms with Gasteiger partial charge in [0.1, 0.15) is 0 Å². The predicted molar refractivity (Wildman–Crippen MR) is 77.6 cm³/mol. The van der Waals surface area contributed by atoms with Crippen LogP contribution in [0.5, 0.6) is 0 Å². The number of hydrogen-bond acceptors (Lipinski definition) is 3. The molecule has 0 aliphatic carbocycles. The Morgan fingerprint density at radius 3 is 2.76 bits per heavy atom. The molecule has 0 spiro atoms. The lowest BCUT2D eigenvalue weighted by atomic mass is 9.96. The first kappa shape index (κ1) is 14.7. The van der Waals surface area contributed by atoms with Crippen LogP contribution in [0.15, 0.2) is 17.5 Å². The quantitative estimate of drug-likeness (QED) is 0.810. The monoisotopic (exact) mass is 254 g/mol. The van der Waals surface area contributed by atoms with Crippen molar-refractivity contribution in [2.45, 2.75) is 51.6 Å². The molecule has 0 radical (unpaired) electrons. The van der Waals surface area contributed by atoms with Crippen LogP contribution in [0.1, 0.15) is 38.5 Å². The molecule has 0 aliphatic heterocycles. The third-order valence-corrected chi connectivity index (χ3v) is 4.16. The van der Waals surface area contributed by atoms with Gasteiger partial charge in [-0.05, 0) is 45.2 Å². The Hall–Kier alpha value is -0.380. The Morgan fingerprint density at radius 1 is 1.53 bits per heavy atom. The second-order valence-corrected chi connectivity index (χ2v) is 6.48. The summed E-state index contributed by atoms with van der Waals surface area (Å²) >= 11 is 1.84. The van der Waals surface area contributed by atoms with Crippen molar-refractivity contribution in [2.75, 3.05) is 13.6 Å². The van der Waals surface area contributed by atoms with E-state index in [2.05, 4.69) is 50.2 Å². The largest absolute Gasteiger partial charge is 0.324 e. The summed E-state index contributed by atoms with van der Waals surface area (Å²) in [6.45, 7) is 7.60. The Morgan fingerprint density at radius 2 is 2.24 bits per heavy atom. The molecule has 17 heavy (non-hydrogen) atoms. The maximum absolute atomic E-state index is 6.30. The molecule has 98 valence electrons. The number of hydrogen-bond donors (Lipinski definition) is 1. The van der Waals surface area contributed by atoms with E-state index in [0.717, 1.165) is 25.8 Å². The van der Waals surface area contributed by atoms with Crippen molar-refractivity contribution in [3.05, 3.63) is 22.4 Å². The van der Waals surface area contributed by atoms with E-state index in [1.165, 1.54) is 4.88 Å². The van der Waals surface area contributed by atoms with Crippen LogP contribution in [0.2, 0.25) is 0 Å². The lowest BCUT2D eigenvalue weighted by Gasteiger charge is -2.33. The smallest absolute Gasteiger partial charge is 0.0254 e. The standard InChI is InChI=1S/C14H26N2S/c1-5-8-14(3,15)11-16(4)12(2)10-13-7-6-9-17-13/h6-7,9,12H,5,8,10-11,15H2,1-4H3. The fraction of sp³-hybridized carbons (Fsp3) is 0.714. The van der Waals surface area contributed by atoms with E-state index in [0.29, 0.717) is 6.04 Å². The first-order valence-electron chi connectivity index (χ1n) is 6.46. The zero-order valence-electron chi connectivity index (χ0n) is 11.6. The van der Waals surface area contributed by atoms with Gasteiger partial charge in [0.2, 0.25) is 0 Å². The molecule has 1 aromatic heterocycles. The van der Waals surface area contributed by atoms with Crippen molar-refractivity contribution >= 4 is 11.3 Å². The number of likely N-dealkylation sites (N-methyl/N-ethyl adjacent to an activating group) is 1. The predicted octanol–water partition coefficient (Wildman–Crippen LogP) is 3.13. The summed E-state index contributed by atoms with van der Waals surface area (Å²) in [6, 6.07) is 4.88. The highest BCUT2D eigenvalue weighted by molar-refractivity contribution is 7.09. The van der Waals surface area contributed by atoms with Gasteiger partial charge < -0.3 is 10.6 Å². The lowest BCUT2D eigenvalue weighted by molar-refractivity contribution is 0.198. The molecule has 2 N–H and O–H groups in total. The zero-order valence-corrected chi connectivity index (χ0v) is 12.4. The molecule has 2 nitrogen and oxygen atoms in total. The minimum absolute atomic E-state index is 0.0623. The van der Waals surface area contributed by atoms with E-state index in [1.54, 1.807) is 0 Å². The second kappa shape index (κ2) is 6.53. The van der Waals surface area contributed by atoms with Crippen LogP contribution in [0.4, 0.5) is 0 Å². The maximum atomic E-state index is 6.30. The van der Waals surface area contributed by atoms with Crippen LogP contribution in [0.3, 0.4) is 0 Å². The van der Waals surface area contributed by atoms with E-state index < -0.39 is 0 Å². The molecule has 1 aromatic rings. The van der Waals surface area contributed by atoms with Crippen LogP contribution in [0, 0.1) is 0 Å². The highest BCUT2D eigenvalue weighted by atomic mass is 32.1. The Balaban J connectivity index is 2.44. The number of nitrogens with zero attached hydrogens (tertiary/aromatic N) is 1. The molecule has 0 amide bonds. The molecule has 2 atom stereocenters. The fourth-order valence-electron chi connectivity index (χ4n) is 2.25. The van der Waals surface area contributed by atoms with Gasteiger partial charge in [-0.2, -0.15) is 0 Å². The summed E-state index contributed by atoms with van der Waals surface area (Å²) in [5, 5.41) is 2.15. The lowest BCUT2D eigenvalue weighted by Crippen LogP contribution is -2.49. The number of thiophene rings is 1. The van der Waals surface area contributed by atoms with Gasteiger partial charge in [-0.3, -0.25) is 0 Å². The van der Waals surface area contributed by atoms with Crippen LogP contribution in [-0.2, 0) is 6.42 Å². The average molecular weight is 254 g/mol. The molecule has 3 heteroatoms. The number of rotatable bonds is 7. The molecule has 1 heterocycles. The van der Waals surface area contributed by atoms with Gasteiger partial charge >= 0.3 is 0 Å². The van der Waals surface area contributed by atoms with Crippen molar-refractivity contribution in [1.82, 2.24) is 4.90 Å². The summed E-state index contributed by atoms with van der Waals surface area (Å²) in [5.74, 6) is 0. The first-order valence-corrected chi connectivity index (χ1v) is 7.34. The third-order valence-electron chi connectivity index (χ3n) is 3.26. The fourth-order valence-corrected chi connectivity index (χ4v) is 3.08. The molecule has 0 saturated heterocycles. The molecular formula is C14H26N2S. The second-order valence-electron chi connectivity index (χ2n) is 5.45. The van der Waals surface area contributed by atoms with Gasteiger partial charge in [0.15, 0.2) is 0 Å². The van der Waals surface area contributed by atoms with E-state index in [-0.39, 0.29) is 5.54 Å². The molecule has 0 saturated carbocycles. The van der Waals surface area contributed by atoms with Gasteiger partial charge in [0.05, 0.1) is 0 Å². The Bertz CT molecular complexity index is 306. The molecule has 0 aromatic carbocycles. The van der Waals surface area contributed by atoms with Crippen molar-refractivity contribution in [2.24, 2.45) is 5.73 Å². The van der Waals surface area contributed by atoms with Crippen LogP contribution in [-0.4, -0.2) is 30.1 Å². The van der Waals surface area contributed by atoms with Crippen molar-refractivity contribution in [1.29, 1.82) is 0 Å². The van der Waals surface area contributed by atoms with E-state index in [1.807, 2.05) is 11.3 Å². The summed E-state index contributed by atoms with van der Waals surface area (Å²) in [6.07, 6.45) is 3.36. The first-order chi connectivity index (χ1) is 7.94. The van der Waals surface area contributed by atoms with Crippen molar-refractivity contribution in [3.8, 4) is 0 Å². The molecule has 1 rings (SSSR count). The van der Waals surface area contributed by atoms with Gasteiger partial charge in [-0.1, -0.05) is 19.4 Å². The van der Waals surface area contributed by atoms with Crippen LogP contribution >= 0.6 is 11.3 Å². The topological polar surface area (TPSA) is 29.3 Å². The molecule has 0 fully saturated rings. The zero-order chi connectivity index (χ0) is 12.9. The van der Waals surface area contributed by atoms with E-state index in [4.69, 9.17) is 5.73 Å². The maximum Gasteiger partial charge on any atom is 0.0254 e. The minimum Gasteiger partial charge on any atom is -0.324 e.